The summed E-state index contributed by atoms with van der Waals surface area (Å²) in [5, 5.41) is 3.53. The lowest BCUT2D eigenvalue weighted by molar-refractivity contribution is -0.137. The van der Waals surface area contributed by atoms with E-state index in [2.05, 4.69) is 10.0 Å². The largest absolute Gasteiger partial charge is 0.416 e. The predicted molar refractivity (Wildman–Crippen MR) is 130 cm³/mol. The summed E-state index contributed by atoms with van der Waals surface area (Å²) in [6, 6.07) is 14.4. The van der Waals surface area contributed by atoms with Gasteiger partial charge in [-0.05, 0) is 60.2 Å². The molecule has 0 aromatic heterocycles. The third kappa shape index (κ3) is 7.30. The van der Waals surface area contributed by atoms with Crippen LogP contribution in [0, 0.1) is 0 Å². The Morgan fingerprint density at radius 1 is 0.912 bits per heavy atom. The van der Waals surface area contributed by atoms with E-state index in [1.54, 1.807) is 12.1 Å². The van der Waals surface area contributed by atoms with Gasteiger partial charge in [0.15, 0.2) is 0 Å². The number of carbonyl (C=O) groups is 1. The molecule has 180 valence electrons. The van der Waals surface area contributed by atoms with Gasteiger partial charge in [-0.3, -0.25) is 9.52 Å². The highest BCUT2D eigenvalue weighted by molar-refractivity contribution is 7.99. The number of thioether (sulfide) groups is 1. The molecule has 3 rings (SSSR count). The number of anilines is 2. The van der Waals surface area contributed by atoms with Crippen molar-refractivity contribution in [1.29, 1.82) is 0 Å². The van der Waals surface area contributed by atoms with Gasteiger partial charge in [-0.2, -0.15) is 13.2 Å². The van der Waals surface area contributed by atoms with Gasteiger partial charge in [0.2, 0.25) is 5.91 Å². The quantitative estimate of drug-likeness (QED) is 0.329. The lowest BCUT2D eigenvalue weighted by atomic mass is 10.2. The first-order chi connectivity index (χ1) is 15.9. The first-order valence-electron chi connectivity index (χ1n) is 9.56. The summed E-state index contributed by atoms with van der Waals surface area (Å²) in [6.07, 6.45) is -4.60. The van der Waals surface area contributed by atoms with E-state index < -0.39 is 21.8 Å². The number of halogens is 5. The molecule has 0 aliphatic rings. The van der Waals surface area contributed by atoms with Crippen LogP contribution in [0.25, 0.3) is 0 Å². The maximum absolute atomic E-state index is 12.8. The van der Waals surface area contributed by atoms with Crippen molar-refractivity contribution < 1.29 is 26.4 Å². The second kappa shape index (κ2) is 10.9. The van der Waals surface area contributed by atoms with Gasteiger partial charge in [0.1, 0.15) is 0 Å². The number of hydrogen-bond donors (Lipinski definition) is 2. The Morgan fingerprint density at radius 2 is 1.62 bits per heavy atom. The molecule has 0 fully saturated rings. The molecule has 0 unspecified atom stereocenters. The molecule has 0 spiro atoms. The Hall–Kier alpha value is -2.40. The SMILES string of the molecule is O=C(CSCc1ccc(Cl)c(Cl)c1)Nc1ccc(S(=O)(=O)Nc2cccc(C(F)(F)F)c2)cc1. The molecule has 0 saturated carbocycles. The number of alkyl halides is 3. The van der Waals surface area contributed by atoms with Crippen LogP contribution in [0.3, 0.4) is 0 Å². The molecule has 0 aliphatic carbocycles. The van der Waals surface area contributed by atoms with Crippen LogP contribution in [0.1, 0.15) is 11.1 Å². The van der Waals surface area contributed by atoms with Crippen molar-refractivity contribution in [2.45, 2.75) is 16.8 Å². The highest BCUT2D eigenvalue weighted by atomic mass is 35.5. The zero-order valence-electron chi connectivity index (χ0n) is 17.2. The number of carbonyl (C=O) groups excluding carboxylic acids is 1. The van der Waals surface area contributed by atoms with Crippen LogP contribution in [0.2, 0.25) is 10.0 Å². The zero-order valence-corrected chi connectivity index (χ0v) is 20.3. The number of sulfonamides is 1. The fourth-order valence-electron chi connectivity index (χ4n) is 2.78. The van der Waals surface area contributed by atoms with Crippen LogP contribution in [0.4, 0.5) is 24.5 Å². The normalized spacial score (nSPS) is 11.8. The predicted octanol–water partition coefficient (Wildman–Crippen LogP) is 6.68. The first kappa shape index (κ1) is 26.2. The number of amides is 1. The van der Waals surface area contributed by atoms with Gasteiger partial charge >= 0.3 is 6.18 Å². The molecule has 5 nitrogen and oxygen atoms in total. The van der Waals surface area contributed by atoms with Crippen molar-refractivity contribution in [3.05, 3.63) is 87.9 Å². The Bertz CT molecular complexity index is 1290. The lowest BCUT2D eigenvalue weighted by Crippen LogP contribution is -2.15. The molecule has 12 heteroatoms. The molecule has 3 aromatic rings. The fraction of sp³-hybridized carbons (Fsp3) is 0.136. The standard InChI is InChI=1S/C22H17Cl2F3N2O3S2/c23-19-9-4-14(10-20(19)24)12-33-13-21(30)28-16-5-7-18(8-6-16)34(31,32)29-17-3-1-2-15(11-17)22(25,26)27/h1-11,29H,12-13H2,(H,28,30). The van der Waals surface area contributed by atoms with E-state index in [0.717, 1.165) is 17.7 Å². The van der Waals surface area contributed by atoms with E-state index in [9.17, 15) is 26.4 Å². The molecule has 0 heterocycles. The molecule has 0 atom stereocenters. The summed E-state index contributed by atoms with van der Waals surface area (Å²) >= 11 is 13.2. The van der Waals surface area contributed by atoms with Crippen molar-refractivity contribution in [2.24, 2.45) is 0 Å². The number of hydrogen-bond acceptors (Lipinski definition) is 4. The van der Waals surface area contributed by atoms with Crippen molar-refractivity contribution in [3.8, 4) is 0 Å². The smallest absolute Gasteiger partial charge is 0.325 e. The Labute approximate surface area is 208 Å². The second-order valence-corrected chi connectivity index (χ2v) is 10.5. The van der Waals surface area contributed by atoms with Gasteiger partial charge in [0.05, 0.1) is 26.3 Å². The van der Waals surface area contributed by atoms with Gasteiger partial charge in [-0.25, -0.2) is 8.42 Å². The molecule has 2 N–H and O–H groups in total. The lowest BCUT2D eigenvalue weighted by Gasteiger charge is -2.12. The molecule has 1 amide bonds. The van der Waals surface area contributed by atoms with Crippen LogP contribution in [-0.4, -0.2) is 20.1 Å². The van der Waals surface area contributed by atoms with Crippen LogP contribution < -0.4 is 10.0 Å². The number of rotatable bonds is 8. The summed E-state index contributed by atoms with van der Waals surface area (Å²) < 4.78 is 65.7. The third-order valence-electron chi connectivity index (χ3n) is 4.38. The first-order valence-corrected chi connectivity index (χ1v) is 12.9. The molecular weight excluding hydrogens is 532 g/mol. The van der Waals surface area contributed by atoms with E-state index in [1.807, 2.05) is 6.07 Å². The minimum Gasteiger partial charge on any atom is -0.325 e. The highest BCUT2D eigenvalue weighted by Crippen LogP contribution is 2.31. The highest BCUT2D eigenvalue weighted by Gasteiger charge is 2.30. The minimum absolute atomic E-state index is 0.150. The van der Waals surface area contributed by atoms with E-state index in [0.29, 0.717) is 27.6 Å². The molecular formula is C22H17Cl2F3N2O3S2. The number of nitrogens with one attached hydrogen (secondary N) is 2. The Morgan fingerprint density at radius 3 is 2.26 bits per heavy atom. The summed E-state index contributed by atoms with van der Waals surface area (Å²) in [5.74, 6) is 0.405. The van der Waals surface area contributed by atoms with E-state index in [-0.39, 0.29) is 22.2 Å². The van der Waals surface area contributed by atoms with Crippen molar-refractivity contribution in [3.63, 3.8) is 0 Å². The van der Waals surface area contributed by atoms with Crippen LogP contribution in [0.5, 0.6) is 0 Å². The fourth-order valence-corrected chi connectivity index (χ4v) is 4.92. The average Bonchev–Trinajstić information content (AvgIpc) is 2.76. The maximum atomic E-state index is 12.8. The Kier molecular flexibility index (Phi) is 8.40. The average molecular weight is 549 g/mol. The van der Waals surface area contributed by atoms with Crippen molar-refractivity contribution >= 4 is 62.3 Å². The summed E-state index contributed by atoms with van der Waals surface area (Å²) in [5.41, 5.74) is 0.0992. The van der Waals surface area contributed by atoms with Crippen LogP contribution >= 0.6 is 35.0 Å². The minimum atomic E-state index is -4.60. The van der Waals surface area contributed by atoms with Crippen LogP contribution in [-0.2, 0) is 26.7 Å². The van der Waals surface area contributed by atoms with Gasteiger partial charge in [-0.1, -0.05) is 35.3 Å². The molecule has 0 bridgehead atoms. The summed E-state index contributed by atoms with van der Waals surface area (Å²) in [4.78, 5) is 12.0. The van der Waals surface area contributed by atoms with Gasteiger partial charge in [-0.15, -0.1) is 11.8 Å². The van der Waals surface area contributed by atoms with Crippen molar-refractivity contribution in [2.75, 3.05) is 15.8 Å². The molecule has 0 saturated heterocycles. The van der Waals surface area contributed by atoms with Gasteiger partial charge in [0.25, 0.3) is 10.0 Å². The molecule has 0 aliphatic heterocycles. The van der Waals surface area contributed by atoms with Gasteiger partial charge < -0.3 is 5.32 Å². The number of benzene rings is 3. The second-order valence-electron chi connectivity index (χ2n) is 7.00. The topological polar surface area (TPSA) is 75.3 Å². The molecule has 34 heavy (non-hydrogen) atoms. The monoisotopic (exact) mass is 548 g/mol. The van der Waals surface area contributed by atoms with E-state index in [1.165, 1.54) is 42.1 Å². The summed E-state index contributed by atoms with van der Waals surface area (Å²) in [6.45, 7) is 0. The van der Waals surface area contributed by atoms with E-state index >= 15 is 0 Å². The third-order valence-corrected chi connectivity index (χ3v) is 7.52. The Balaban J connectivity index is 1.56. The van der Waals surface area contributed by atoms with E-state index in [4.69, 9.17) is 23.2 Å². The molecule has 0 radical (unpaired) electrons. The summed E-state index contributed by atoms with van der Waals surface area (Å²) in [7, 11) is -4.13. The van der Waals surface area contributed by atoms with Crippen molar-refractivity contribution in [1.82, 2.24) is 0 Å². The zero-order chi connectivity index (χ0) is 24.9. The van der Waals surface area contributed by atoms with Gasteiger partial charge in [0, 0.05) is 17.1 Å². The van der Waals surface area contributed by atoms with Crippen LogP contribution in [0.15, 0.2) is 71.6 Å². The maximum Gasteiger partial charge on any atom is 0.416 e. The molecule has 3 aromatic carbocycles.